The van der Waals surface area contributed by atoms with Crippen LogP contribution in [0, 0.1) is 11.3 Å². The second kappa shape index (κ2) is 2.05. The summed E-state index contributed by atoms with van der Waals surface area (Å²) in [6, 6.07) is 0. The molecule has 78 valence electrons. The van der Waals surface area contributed by atoms with Crippen molar-refractivity contribution in [2.24, 2.45) is 11.3 Å². The monoisotopic (exact) mass is 198 g/mol. The lowest BCUT2D eigenvalue weighted by molar-refractivity contribution is -0.252. The van der Waals surface area contributed by atoms with Crippen LogP contribution in [0.2, 0.25) is 0 Å². The zero-order valence-electron chi connectivity index (χ0n) is 8.12. The second-order valence-electron chi connectivity index (χ2n) is 5.09. The minimum Gasteiger partial charge on any atom is -0.396 e. The molecule has 2 N–H and O–H groups in total. The first kappa shape index (κ1) is 8.83. The molecule has 0 radical (unpaired) electrons. The van der Waals surface area contributed by atoms with Gasteiger partial charge in [-0.2, -0.15) is 0 Å². The van der Waals surface area contributed by atoms with Gasteiger partial charge in [-0.3, -0.25) is 4.79 Å². The fourth-order valence-corrected chi connectivity index (χ4v) is 3.58. The Morgan fingerprint density at radius 3 is 3.00 bits per heavy atom. The zero-order chi connectivity index (χ0) is 10.2. The summed E-state index contributed by atoms with van der Waals surface area (Å²) in [5, 5.41) is 19.8. The summed E-state index contributed by atoms with van der Waals surface area (Å²) in [7, 11) is 0. The third-order valence-corrected chi connectivity index (χ3v) is 4.70. The van der Waals surface area contributed by atoms with E-state index in [1.807, 2.05) is 0 Å². The van der Waals surface area contributed by atoms with Gasteiger partial charge < -0.3 is 14.9 Å². The predicted octanol–water partition coefficient (Wildman–Crippen LogP) is -0.522. The topological polar surface area (TPSA) is 66.8 Å². The zero-order valence-corrected chi connectivity index (χ0v) is 8.12. The quantitative estimate of drug-likeness (QED) is 0.595. The maximum atomic E-state index is 11.7. The lowest BCUT2D eigenvalue weighted by Gasteiger charge is -2.63. The average molecular weight is 198 g/mol. The summed E-state index contributed by atoms with van der Waals surface area (Å²) >= 11 is 0. The molecule has 4 nitrogen and oxygen atoms in total. The first-order chi connectivity index (χ1) is 6.49. The molecule has 4 aliphatic rings. The van der Waals surface area contributed by atoms with Gasteiger partial charge in [-0.15, -0.1) is 0 Å². The van der Waals surface area contributed by atoms with Gasteiger partial charge in [0.2, 0.25) is 0 Å². The molecule has 3 aliphatic carbocycles. The molecule has 4 atom stereocenters. The first-order valence-corrected chi connectivity index (χ1v) is 4.99. The van der Waals surface area contributed by atoms with E-state index in [0.29, 0.717) is 13.0 Å². The largest absolute Gasteiger partial charge is 0.396 e. The molecule has 1 heterocycles. The van der Waals surface area contributed by atoms with E-state index in [4.69, 9.17) is 4.74 Å². The van der Waals surface area contributed by atoms with Crippen LogP contribution in [0.4, 0.5) is 0 Å². The van der Waals surface area contributed by atoms with E-state index in [0.717, 1.165) is 0 Å². The van der Waals surface area contributed by atoms with E-state index in [2.05, 4.69) is 0 Å². The molecule has 4 bridgehead atoms. The van der Waals surface area contributed by atoms with Crippen LogP contribution >= 0.6 is 0 Å². The van der Waals surface area contributed by atoms with Gasteiger partial charge >= 0.3 is 0 Å². The van der Waals surface area contributed by atoms with Crippen LogP contribution in [-0.4, -0.2) is 40.4 Å². The highest BCUT2D eigenvalue weighted by Crippen LogP contribution is 2.69. The number of carbonyl (C=O) groups excluding carboxylic acids is 1. The Balaban J connectivity index is 2.15. The van der Waals surface area contributed by atoms with Crippen LogP contribution < -0.4 is 0 Å². The van der Waals surface area contributed by atoms with Gasteiger partial charge in [0.1, 0.15) is 17.0 Å². The molecule has 3 saturated carbocycles. The molecular weight excluding hydrogens is 184 g/mol. The Morgan fingerprint density at radius 2 is 2.36 bits per heavy atom. The van der Waals surface area contributed by atoms with E-state index in [-0.39, 0.29) is 24.7 Å². The highest BCUT2D eigenvalue weighted by molar-refractivity contribution is 5.88. The van der Waals surface area contributed by atoms with Crippen molar-refractivity contribution in [3.63, 3.8) is 0 Å². The van der Waals surface area contributed by atoms with E-state index in [1.165, 1.54) is 0 Å². The number of hydrogen-bond donors (Lipinski definition) is 2. The number of hydrogen-bond acceptors (Lipinski definition) is 4. The van der Waals surface area contributed by atoms with Gasteiger partial charge in [-0.05, 0) is 13.3 Å². The lowest BCUT2D eigenvalue weighted by Crippen LogP contribution is -2.76. The number of aliphatic hydroxyl groups excluding tert-OH is 1. The summed E-state index contributed by atoms with van der Waals surface area (Å²) in [4.78, 5) is 11.7. The van der Waals surface area contributed by atoms with Gasteiger partial charge in [-0.1, -0.05) is 0 Å². The van der Waals surface area contributed by atoms with Crippen LogP contribution in [0.15, 0.2) is 0 Å². The molecular formula is C10H14O4. The average Bonchev–Trinajstić information content (AvgIpc) is 2.23. The summed E-state index contributed by atoms with van der Waals surface area (Å²) in [5.74, 6) is -0.0527. The summed E-state index contributed by atoms with van der Waals surface area (Å²) in [6.07, 6.45) is 0.749. The molecule has 4 rings (SSSR count). The van der Waals surface area contributed by atoms with Crippen molar-refractivity contribution in [3.8, 4) is 0 Å². The van der Waals surface area contributed by atoms with Crippen LogP contribution in [0.3, 0.4) is 0 Å². The van der Waals surface area contributed by atoms with E-state index >= 15 is 0 Å². The van der Waals surface area contributed by atoms with E-state index in [9.17, 15) is 15.0 Å². The Hall–Kier alpha value is -0.450. The van der Waals surface area contributed by atoms with Crippen LogP contribution in [0.5, 0.6) is 0 Å². The maximum Gasteiger partial charge on any atom is 0.139 e. The number of carbonyl (C=O) groups is 1. The van der Waals surface area contributed by atoms with Crippen molar-refractivity contribution < 1.29 is 19.7 Å². The molecule has 4 heteroatoms. The molecule has 0 aromatic rings. The molecule has 1 saturated heterocycles. The van der Waals surface area contributed by atoms with Gasteiger partial charge in [0, 0.05) is 12.3 Å². The number of rotatable bonds is 1. The fraction of sp³-hybridized carbons (Fsp3) is 0.900. The maximum absolute atomic E-state index is 11.7. The SMILES string of the molecule is C[C@]12CC(=O)[C@@H]3C[C@@]1(O)[C@]3(CO)CO2. The number of Topliss-reactive ketones (excluding diaryl/α,β-unsaturated/α-hetero) is 1. The van der Waals surface area contributed by atoms with Crippen LogP contribution in [0.1, 0.15) is 19.8 Å². The summed E-state index contributed by atoms with van der Waals surface area (Å²) < 4.78 is 5.56. The smallest absolute Gasteiger partial charge is 0.139 e. The molecule has 1 aliphatic heterocycles. The molecule has 4 fully saturated rings. The summed E-state index contributed by atoms with van der Waals surface area (Å²) in [5.41, 5.74) is -2.44. The number of aliphatic hydroxyl groups is 2. The molecule has 0 unspecified atom stereocenters. The minimum atomic E-state index is -0.979. The molecule has 0 aromatic carbocycles. The van der Waals surface area contributed by atoms with E-state index < -0.39 is 16.6 Å². The normalized spacial score (nSPS) is 59.9. The molecule has 0 amide bonds. The lowest BCUT2D eigenvalue weighted by atomic mass is 9.41. The van der Waals surface area contributed by atoms with Crippen molar-refractivity contribution in [3.05, 3.63) is 0 Å². The standard InChI is InChI=1S/C10H14O4/c1-8-3-7(12)6-2-10(8,13)9(6,4-11)5-14-8/h6,11,13H,2-5H2,1H3/t6-,8-,9+,10-/m0/s1. The molecule has 0 aromatic heterocycles. The second-order valence-corrected chi connectivity index (χ2v) is 5.09. The third-order valence-electron chi connectivity index (χ3n) is 4.70. The third kappa shape index (κ3) is 0.569. The molecule has 0 spiro atoms. The first-order valence-electron chi connectivity index (χ1n) is 4.99. The Morgan fingerprint density at radius 1 is 1.64 bits per heavy atom. The van der Waals surface area contributed by atoms with Gasteiger partial charge in [-0.25, -0.2) is 0 Å². The van der Waals surface area contributed by atoms with Crippen LogP contribution in [0.25, 0.3) is 0 Å². The van der Waals surface area contributed by atoms with Crippen molar-refractivity contribution in [2.45, 2.75) is 31.0 Å². The molecule has 14 heavy (non-hydrogen) atoms. The van der Waals surface area contributed by atoms with Gasteiger partial charge in [0.05, 0.1) is 18.6 Å². The highest BCUT2D eigenvalue weighted by atomic mass is 16.5. The fourth-order valence-electron chi connectivity index (χ4n) is 3.58. The summed E-state index contributed by atoms with van der Waals surface area (Å²) in [6.45, 7) is 1.93. The van der Waals surface area contributed by atoms with Crippen molar-refractivity contribution in [1.29, 1.82) is 0 Å². The minimum absolute atomic E-state index is 0.134. The Labute approximate surface area is 81.9 Å². The van der Waals surface area contributed by atoms with E-state index in [1.54, 1.807) is 6.92 Å². The number of fused-ring (bicyclic) bond motifs is 1. The van der Waals surface area contributed by atoms with Crippen molar-refractivity contribution in [1.82, 2.24) is 0 Å². The van der Waals surface area contributed by atoms with Crippen molar-refractivity contribution >= 4 is 5.78 Å². The number of ketones is 1. The highest BCUT2D eigenvalue weighted by Gasteiger charge is 2.81. The van der Waals surface area contributed by atoms with Crippen LogP contribution in [-0.2, 0) is 9.53 Å². The number of ether oxygens (including phenoxy) is 1. The Kier molecular flexibility index (Phi) is 1.29. The Bertz CT molecular complexity index is 328. The van der Waals surface area contributed by atoms with Gasteiger partial charge in [0.15, 0.2) is 0 Å². The van der Waals surface area contributed by atoms with Crippen molar-refractivity contribution in [2.75, 3.05) is 13.2 Å². The predicted molar refractivity (Wildman–Crippen MR) is 46.6 cm³/mol. The van der Waals surface area contributed by atoms with Gasteiger partial charge in [0.25, 0.3) is 0 Å².